The van der Waals surface area contributed by atoms with Gasteiger partial charge in [0.2, 0.25) is 0 Å². The van der Waals surface area contributed by atoms with Crippen molar-refractivity contribution < 1.29 is 43.0 Å². The van der Waals surface area contributed by atoms with E-state index in [1.54, 1.807) is 21.3 Å². The van der Waals surface area contributed by atoms with Gasteiger partial charge in [-0.25, -0.2) is 0 Å². The van der Waals surface area contributed by atoms with E-state index in [1.165, 1.54) is 0 Å². The van der Waals surface area contributed by atoms with Crippen molar-refractivity contribution in [1.29, 1.82) is 0 Å². The molecule has 0 bridgehead atoms. The molecule has 0 rings (SSSR count). The van der Waals surface area contributed by atoms with Crippen molar-refractivity contribution in [3.05, 3.63) is 0 Å². The Morgan fingerprint density at radius 1 is 0.793 bits per heavy atom. The van der Waals surface area contributed by atoms with Crippen LogP contribution in [-0.4, -0.2) is 176 Å². The Kier molecular flexibility index (Phi) is 56.4. The molecule has 11 nitrogen and oxygen atoms in total. The summed E-state index contributed by atoms with van der Waals surface area (Å²) < 4.78 is 18.2. The summed E-state index contributed by atoms with van der Waals surface area (Å²) in [7, 11) is 2.19. The van der Waals surface area contributed by atoms with Gasteiger partial charge < -0.3 is 34.3 Å². The number of hydrogen-bond acceptors (Lipinski definition) is 8. The Morgan fingerprint density at radius 2 is 1.03 bits per heavy atom. The molecule has 0 heterocycles. The molecule has 0 spiro atoms. The van der Waals surface area contributed by atoms with E-state index in [2.05, 4.69) is 11.5 Å². The van der Waals surface area contributed by atoms with Crippen LogP contribution in [0, 0.1) is 0 Å². The fourth-order valence-corrected chi connectivity index (χ4v) is 3.62. The zero-order chi connectivity index (χ0) is 21.8. The molecule has 0 saturated heterocycles. The molecule has 0 aromatic heterocycles. The predicted molar refractivity (Wildman–Crippen MR) is 119 cm³/mol. The van der Waals surface area contributed by atoms with Crippen LogP contribution >= 0.6 is 0 Å². The van der Waals surface area contributed by atoms with Crippen LogP contribution in [0.5, 0.6) is 0 Å². The first-order valence-electron chi connectivity index (χ1n) is 7.59. The van der Waals surface area contributed by atoms with Gasteiger partial charge in [-0.3, -0.25) is 18.9 Å². The summed E-state index contributed by atoms with van der Waals surface area (Å²) in [4.78, 5) is 27.0. The topological polar surface area (TPSA) is 169 Å². The molecule has 5 N–H and O–H groups in total. The van der Waals surface area contributed by atoms with E-state index in [0.717, 1.165) is 40.3 Å². The maximum absolute atomic E-state index is 9.00. The Hall–Kier alpha value is 1.43. The number of carboxylic acid groups (broad SMARTS) is 3. The molecule has 164 valence electrons. The number of nitrogens with zero attached hydrogens (tertiary/aromatic N) is 1. The standard InChI is InChI=1S/C8H22N2O3Si.3C2H4O2.3Na.3H/c1-5-7-10(8-6-9)14(11-2,12-3)13-4;3*1-2(3)4;;;;;;/h5-9H2,1-4H3;3*1H3,(H,3,4);;;;;;. The number of hydrogen-bond donors (Lipinski definition) is 4. The second-order valence-corrected chi connectivity index (χ2v) is 7.37. The molecule has 0 aliphatic rings. The normalized spacial score (nSPS) is 8.59. The third-order valence-corrected chi connectivity index (χ3v) is 4.82. The van der Waals surface area contributed by atoms with Crippen LogP contribution in [0.4, 0.5) is 0 Å². The van der Waals surface area contributed by atoms with Gasteiger partial charge in [-0.05, 0) is 13.0 Å². The van der Waals surface area contributed by atoms with Crippen molar-refractivity contribution in [2.24, 2.45) is 5.73 Å². The Morgan fingerprint density at radius 3 is 1.17 bits per heavy atom. The Balaban J connectivity index is -0.0000000540. The first-order chi connectivity index (χ1) is 11.9. The molecule has 29 heavy (non-hydrogen) atoms. The molecule has 0 amide bonds. The molecule has 0 aliphatic carbocycles. The van der Waals surface area contributed by atoms with Crippen molar-refractivity contribution in [2.75, 3.05) is 41.0 Å². The molecule has 0 unspecified atom stereocenters. The van der Waals surface area contributed by atoms with E-state index in [1.807, 2.05) is 0 Å². The summed E-state index contributed by atoms with van der Waals surface area (Å²) in [6.07, 6.45) is 1.02. The second-order valence-electron chi connectivity index (χ2n) is 4.47. The summed E-state index contributed by atoms with van der Waals surface area (Å²) in [5, 5.41) is 22.2. The van der Waals surface area contributed by atoms with E-state index < -0.39 is 26.9 Å². The van der Waals surface area contributed by atoms with Crippen LogP contribution < -0.4 is 5.73 Å². The van der Waals surface area contributed by atoms with Gasteiger partial charge in [0.1, 0.15) is 0 Å². The van der Waals surface area contributed by atoms with E-state index in [0.29, 0.717) is 6.54 Å². The Labute approximate surface area is 241 Å². The van der Waals surface area contributed by atoms with Gasteiger partial charge in [-0.2, -0.15) is 0 Å². The molecule has 0 fully saturated rings. The quantitative estimate of drug-likeness (QED) is 0.298. The summed E-state index contributed by atoms with van der Waals surface area (Å²) in [6, 6.07) is 0. The van der Waals surface area contributed by atoms with Crippen LogP contribution in [0.2, 0.25) is 0 Å². The molecular weight excluding hydrogens is 437 g/mol. The third-order valence-electron chi connectivity index (χ3n) is 2.05. The molecule has 0 atom stereocenters. The average Bonchev–Trinajstić information content (AvgIpc) is 2.48. The minimum absolute atomic E-state index is 0. The fourth-order valence-electron chi connectivity index (χ4n) is 1.45. The van der Waals surface area contributed by atoms with Gasteiger partial charge in [0.25, 0.3) is 17.9 Å². The summed E-state index contributed by atoms with van der Waals surface area (Å²) >= 11 is 0. The molecule has 0 aromatic carbocycles. The van der Waals surface area contributed by atoms with Crippen molar-refractivity contribution in [2.45, 2.75) is 34.1 Å². The van der Waals surface area contributed by atoms with Gasteiger partial charge in [0, 0.05) is 55.2 Å². The average molecular weight is 475 g/mol. The van der Waals surface area contributed by atoms with E-state index in [9.17, 15) is 0 Å². The van der Waals surface area contributed by atoms with Crippen molar-refractivity contribution in [1.82, 2.24) is 4.57 Å². The summed E-state index contributed by atoms with van der Waals surface area (Å²) in [6.45, 7) is 7.53. The van der Waals surface area contributed by atoms with E-state index in [4.69, 9.17) is 48.7 Å². The molecule has 0 saturated carbocycles. The monoisotopic (exact) mass is 474 g/mol. The molecular formula is C14H37N2Na3O9Si. The predicted octanol–water partition coefficient (Wildman–Crippen LogP) is -1.64. The van der Waals surface area contributed by atoms with Crippen LogP contribution in [-0.2, 0) is 27.7 Å². The van der Waals surface area contributed by atoms with Crippen molar-refractivity contribution in [3.8, 4) is 0 Å². The number of rotatable bonds is 8. The van der Waals surface area contributed by atoms with E-state index >= 15 is 0 Å². The SMILES string of the molecule is CC(=O)O.CC(=O)O.CC(=O)O.CCCN(CCN)[Si](OC)(OC)OC.[NaH].[NaH].[NaH]. The summed E-state index contributed by atoms with van der Waals surface area (Å²) in [5.41, 5.74) is 5.53. The van der Waals surface area contributed by atoms with Crippen LogP contribution in [0.25, 0.3) is 0 Å². The molecule has 15 heteroatoms. The van der Waals surface area contributed by atoms with Gasteiger partial charge in [0.15, 0.2) is 0 Å². The zero-order valence-corrected chi connectivity index (χ0v) is 17.6. The fraction of sp³-hybridized carbons (Fsp3) is 0.786. The molecule has 0 radical (unpaired) electrons. The number of carboxylic acids is 3. The van der Waals surface area contributed by atoms with Crippen molar-refractivity contribution in [3.63, 3.8) is 0 Å². The van der Waals surface area contributed by atoms with Gasteiger partial charge in [-0.15, -0.1) is 0 Å². The Bertz CT molecular complexity index is 325. The first kappa shape index (κ1) is 48.0. The van der Waals surface area contributed by atoms with Gasteiger partial charge in [0.05, 0.1) is 0 Å². The second kappa shape index (κ2) is 34.0. The van der Waals surface area contributed by atoms with Crippen LogP contribution in [0.1, 0.15) is 34.1 Å². The zero-order valence-electron chi connectivity index (χ0n) is 16.6. The number of aliphatic carboxylic acids is 3. The minimum atomic E-state index is -2.64. The van der Waals surface area contributed by atoms with Crippen molar-refractivity contribution >= 4 is 116 Å². The molecule has 0 aliphatic heterocycles. The number of carbonyl (C=O) groups is 3. The first-order valence-corrected chi connectivity index (χ1v) is 9.26. The third kappa shape index (κ3) is 44.0. The molecule has 0 aromatic rings. The summed E-state index contributed by atoms with van der Waals surface area (Å²) in [5.74, 6) is -2.50. The maximum atomic E-state index is 9.00. The van der Waals surface area contributed by atoms with Crippen LogP contribution in [0.15, 0.2) is 0 Å². The van der Waals surface area contributed by atoms with Crippen LogP contribution in [0.3, 0.4) is 0 Å². The van der Waals surface area contributed by atoms with Gasteiger partial charge >= 0.3 is 97.6 Å². The number of nitrogens with two attached hydrogens (primary N) is 1. The van der Waals surface area contributed by atoms with Gasteiger partial charge in [-0.1, -0.05) is 6.92 Å². The van der Waals surface area contributed by atoms with E-state index in [-0.39, 0.29) is 88.7 Å².